The standard InChI is InChI=1S/C13H11N3O/c1-2-10-8-13(17)16(9-10)12-5-3-4-11-14-6-7-15(11)12/h1,3-7,10H,8-9H2. The van der Waals surface area contributed by atoms with Gasteiger partial charge in [-0.1, -0.05) is 6.07 Å². The molecule has 2 aromatic heterocycles. The summed E-state index contributed by atoms with van der Waals surface area (Å²) >= 11 is 0. The van der Waals surface area contributed by atoms with Crippen molar-refractivity contribution in [2.24, 2.45) is 5.92 Å². The summed E-state index contributed by atoms with van der Waals surface area (Å²) < 4.78 is 1.90. The minimum Gasteiger partial charge on any atom is -0.297 e. The summed E-state index contributed by atoms with van der Waals surface area (Å²) in [6, 6.07) is 5.71. The number of imidazole rings is 1. The molecule has 1 saturated heterocycles. The zero-order valence-corrected chi connectivity index (χ0v) is 9.21. The van der Waals surface area contributed by atoms with Gasteiger partial charge in [-0.05, 0) is 12.1 Å². The minimum absolute atomic E-state index is 0.0151. The minimum atomic E-state index is 0.0151. The van der Waals surface area contributed by atoms with E-state index in [2.05, 4.69) is 10.9 Å². The number of hydrogen-bond donors (Lipinski definition) is 0. The van der Waals surface area contributed by atoms with Crippen LogP contribution in [0.4, 0.5) is 5.82 Å². The maximum absolute atomic E-state index is 11.9. The van der Waals surface area contributed by atoms with Crippen LogP contribution in [0, 0.1) is 18.3 Å². The van der Waals surface area contributed by atoms with E-state index < -0.39 is 0 Å². The second kappa shape index (κ2) is 3.63. The molecule has 4 heteroatoms. The quantitative estimate of drug-likeness (QED) is 0.686. The van der Waals surface area contributed by atoms with E-state index in [1.807, 2.05) is 28.8 Å². The third-order valence-corrected chi connectivity index (χ3v) is 3.04. The second-order valence-electron chi connectivity index (χ2n) is 4.11. The summed E-state index contributed by atoms with van der Waals surface area (Å²) in [4.78, 5) is 17.8. The lowest BCUT2D eigenvalue weighted by Crippen LogP contribution is -2.26. The molecule has 3 heterocycles. The molecule has 2 aromatic rings. The highest BCUT2D eigenvalue weighted by atomic mass is 16.2. The summed E-state index contributed by atoms with van der Waals surface area (Å²) in [6.45, 7) is 0.590. The largest absolute Gasteiger partial charge is 0.297 e. The number of rotatable bonds is 1. The van der Waals surface area contributed by atoms with Crippen molar-refractivity contribution in [3.63, 3.8) is 0 Å². The smallest absolute Gasteiger partial charge is 0.229 e. The SMILES string of the molecule is C#CC1CC(=O)N(c2cccc3nccn23)C1. The van der Waals surface area contributed by atoms with Crippen LogP contribution in [-0.4, -0.2) is 21.8 Å². The Morgan fingerprint density at radius 1 is 1.47 bits per heavy atom. The van der Waals surface area contributed by atoms with Gasteiger partial charge in [-0.3, -0.25) is 14.1 Å². The summed E-state index contributed by atoms with van der Waals surface area (Å²) in [5.41, 5.74) is 0.833. The molecule has 1 amide bonds. The van der Waals surface area contributed by atoms with Crippen molar-refractivity contribution < 1.29 is 4.79 Å². The van der Waals surface area contributed by atoms with Gasteiger partial charge in [0.25, 0.3) is 0 Å². The van der Waals surface area contributed by atoms with Crippen molar-refractivity contribution in [1.29, 1.82) is 0 Å². The first-order valence-corrected chi connectivity index (χ1v) is 5.48. The number of hydrogen-bond acceptors (Lipinski definition) is 2. The third-order valence-electron chi connectivity index (χ3n) is 3.04. The first-order valence-electron chi connectivity index (χ1n) is 5.48. The molecule has 0 aliphatic carbocycles. The first-order chi connectivity index (χ1) is 8.29. The van der Waals surface area contributed by atoms with E-state index in [1.165, 1.54) is 0 Å². The van der Waals surface area contributed by atoms with Gasteiger partial charge in [0.1, 0.15) is 11.5 Å². The molecule has 1 aliphatic rings. The molecule has 0 radical (unpaired) electrons. The van der Waals surface area contributed by atoms with Gasteiger partial charge in [-0.2, -0.15) is 0 Å². The van der Waals surface area contributed by atoms with E-state index in [9.17, 15) is 4.79 Å². The molecule has 17 heavy (non-hydrogen) atoms. The number of nitrogens with zero attached hydrogens (tertiary/aromatic N) is 3. The average molecular weight is 225 g/mol. The molecule has 1 aliphatic heterocycles. The van der Waals surface area contributed by atoms with Gasteiger partial charge in [0.15, 0.2) is 0 Å². The van der Waals surface area contributed by atoms with Gasteiger partial charge in [-0.25, -0.2) is 4.98 Å². The van der Waals surface area contributed by atoms with Crippen molar-refractivity contribution in [2.45, 2.75) is 6.42 Å². The van der Waals surface area contributed by atoms with Gasteiger partial charge < -0.3 is 0 Å². The van der Waals surface area contributed by atoms with E-state index in [0.29, 0.717) is 13.0 Å². The Hall–Kier alpha value is -2.28. The van der Waals surface area contributed by atoms with Crippen molar-refractivity contribution in [2.75, 3.05) is 11.4 Å². The fourth-order valence-corrected chi connectivity index (χ4v) is 2.19. The summed E-state index contributed by atoms with van der Waals surface area (Å²) in [5, 5.41) is 0. The van der Waals surface area contributed by atoms with Crippen LogP contribution in [0.3, 0.4) is 0 Å². The zero-order chi connectivity index (χ0) is 11.8. The second-order valence-corrected chi connectivity index (χ2v) is 4.11. The van der Waals surface area contributed by atoms with Crippen LogP contribution < -0.4 is 4.90 Å². The molecule has 0 aromatic carbocycles. The monoisotopic (exact) mass is 225 g/mol. The third kappa shape index (κ3) is 1.48. The Balaban J connectivity index is 2.08. The highest BCUT2D eigenvalue weighted by Gasteiger charge is 2.30. The summed E-state index contributed by atoms with van der Waals surface area (Å²) in [5.74, 6) is 3.58. The van der Waals surface area contributed by atoms with Gasteiger partial charge >= 0.3 is 0 Å². The molecule has 1 unspecified atom stereocenters. The molecule has 84 valence electrons. The Labute approximate surface area is 98.9 Å². The van der Waals surface area contributed by atoms with E-state index in [0.717, 1.165) is 11.5 Å². The van der Waals surface area contributed by atoms with Gasteiger partial charge in [0, 0.05) is 31.3 Å². The number of pyridine rings is 1. The molecule has 0 bridgehead atoms. The highest BCUT2D eigenvalue weighted by molar-refractivity contribution is 5.95. The number of anilines is 1. The molecular weight excluding hydrogens is 214 g/mol. The zero-order valence-electron chi connectivity index (χ0n) is 9.21. The Kier molecular flexibility index (Phi) is 2.12. The van der Waals surface area contributed by atoms with E-state index >= 15 is 0 Å². The molecule has 1 atom stereocenters. The van der Waals surface area contributed by atoms with E-state index in [4.69, 9.17) is 6.42 Å². The Morgan fingerprint density at radius 2 is 2.35 bits per heavy atom. The molecule has 1 fully saturated rings. The fraction of sp³-hybridized carbons (Fsp3) is 0.231. The number of amides is 1. The Bertz CT molecular complexity index is 623. The Morgan fingerprint density at radius 3 is 3.12 bits per heavy atom. The normalized spacial score (nSPS) is 19.8. The average Bonchev–Trinajstić information content (AvgIpc) is 2.94. The number of carbonyl (C=O) groups excluding carboxylic acids is 1. The summed E-state index contributed by atoms with van der Waals surface area (Å²) in [7, 11) is 0. The lowest BCUT2D eigenvalue weighted by molar-refractivity contribution is -0.117. The molecule has 0 spiro atoms. The molecular formula is C13H11N3O. The van der Waals surface area contributed by atoms with Gasteiger partial charge in [0.05, 0.1) is 0 Å². The van der Waals surface area contributed by atoms with Gasteiger partial charge in [0.2, 0.25) is 5.91 Å². The van der Waals surface area contributed by atoms with Crippen molar-refractivity contribution in [3.8, 4) is 12.3 Å². The molecule has 0 N–H and O–H groups in total. The number of fused-ring (bicyclic) bond motifs is 1. The van der Waals surface area contributed by atoms with Crippen LogP contribution in [0.15, 0.2) is 30.6 Å². The van der Waals surface area contributed by atoms with Crippen LogP contribution in [0.5, 0.6) is 0 Å². The van der Waals surface area contributed by atoms with Crippen LogP contribution in [0.1, 0.15) is 6.42 Å². The highest BCUT2D eigenvalue weighted by Crippen LogP contribution is 2.25. The van der Waals surface area contributed by atoms with E-state index in [1.54, 1.807) is 11.1 Å². The topological polar surface area (TPSA) is 37.6 Å². The first kappa shape index (κ1) is 9.91. The molecule has 3 rings (SSSR count). The predicted molar refractivity (Wildman–Crippen MR) is 64.5 cm³/mol. The lowest BCUT2D eigenvalue weighted by Gasteiger charge is -2.17. The number of aromatic nitrogens is 2. The lowest BCUT2D eigenvalue weighted by atomic mass is 10.1. The van der Waals surface area contributed by atoms with Crippen LogP contribution in [0.2, 0.25) is 0 Å². The molecule has 4 nitrogen and oxygen atoms in total. The van der Waals surface area contributed by atoms with Crippen LogP contribution >= 0.6 is 0 Å². The number of carbonyl (C=O) groups is 1. The summed E-state index contributed by atoms with van der Waals surface area (Å²) in [6.07, 6.45) is 9.38. The van der Waals surface area contributed by atoms with Crippen molar-refractivity contribution in [1.82, 2.24) is 9.38 Å². The van der Waals surface area contributed by atoms with Crippen molar-refractivity contribution in [3.05, 3.63) is 30.6 Å². The predicted octanol–water partition coefficient (Wildman–Crippen LogP) is 1.32. The maximum atomic E-state index is 11.9. The van der Waals surface area contributed by atoms with Crippen LogP contribution in [-0.2, 0) is 4.79 Å². The van der Waals surface area contributed by atoms with Gasteiger partial charge in [-0.15, -0.1) is 12.3 Å². The number of terminal acetylenes is 1. The maximum Gasteiger partial charge on any atom is 0.229 e. The molecule has 0 saturated carbocycles. The fourth-order valence-electron chi connectivity index (χ4n) is 2.19. The van der Waals surface area contributed by atoms with Crippen molar-refractivity contribution >= 4 is 17.4 Å². The van der Waals surface area contributed by atoms with E-state index in [-0.39, 0.29) is 11.8 Å². The van der Waals surface area contributed by atoms with Crippen LogP contribution in [0.25, 0.3) is 5.65 Å².